The summed E-state index contributed by atoms with van der Waals surface area (Å²) in [6.07, 6.45) is -0.516. The second-order valence-corrected chi connectivity index (χ2v) is 4.98. The average molecular weight is 324 g/mol. The third kappa shape index (κ3) is 3.57. The predicted molar refractivity (Wildman–Crippen MR) is 75.1 cm³/mol. The van der Waals surface area contributed by atoms with Crippen molar-refractivity contribution in [2.45, 2.75) is 19.4 Å². The molecule has 0 radical (unpaired) electrons. The van der Waals surface area contributed by atoms with Crippen LogP contribution in [0.25, 0.3) is 0 Å². The Kier molecular flexibility index (Phi) is 4.21. The van der Waals surface area contributed by atoms with Crippen LogP contribution in [0.2, 0.25) is 0 Å². The normalized spacial score (nSPS) is 12.1. The third-order valence-electron chi connectivity index (χ3n) is 2.75. The first kappa shape index (κ1) is 13.6. The fourth-order valence-corrected chi connectivity index (χ4v) is 2.13. The van der Waals surface area contributed by atoms with Gasteiger partial charge in [-0.2, -0.15) is 0 Å². The van der Waals surface area contributed by atoms with Gasteiger partial charge in [0.25, 0.3) is 0 Å². The number of aryl methyl sites for hydroxylation is 1. The highest BCUT2D eigenvalue weighted by molar-refractivity contribution is 9.10. The van der Waals surface area contributed by atoms with Crippen LogP contribution in [0.4, 0.5) is 4.79 Å². The molecule has 100 valence electrons. The molecule has 6 heteroatoms. The molecule has 19 heavy (non-hydrogen) atoms. The number of benzene rings is 1. The second-order valence-electron chi connectivity index (χ2n) is 4.23. The summed E-state index contributed by atoms with van der Waals surface area (Å²) in [5.41, 5.74) is 1.92. The highest BCUT2D eigenvalue weighted by Gasteiger charge is 2.19. The molecule has 0 spiro atoms. The molecule has 1 heterocycles. The van der Waals surface area contributed by atoms with Crippen molar-refractivity contribution in [1.29, 1.82) is 0 Å². The van der Waals surface area contributed by atoms with Gasteiger partial charge in [-0.1, -0.05) is 30.3 Å². The molecule has 5 nitrogen and oxygen atoms in total. The van der Waals surface area contributed by atoms with E-state index in [1.54, 1.807) is 0 Å². The number of halogens is 1. The number of H-pyrrole nitrogens is 1. The zero-order valence-electron chi connectivity index (χ0n) is 10.4. The van der Waals surface area contributed by atoms with Crippen molar-refractivity contribution in [3.8, 4) is 0 Å². The molecule has 1 amide bonds. The molecule has 1 aromatic carbocycles. The number of nitrogens with one attached hydrogen (secondary N) is 2. The lowest BCUT2D eigenvalue weighted by Gasteiger charge is -2.14. The molecule has 1 atom stereocenters. The van der Waals surface area contributed by atoms with Crippen molar-refractivity contribution < 1.29 is 9.90 Å². The van der Waals surface area contributed by atoms with Crippen LogP contribution in [0.1, 0.15) is 23.1 Å². The molecule has 0 aliphatic heterocycles. The maximum Gasteiger partial charge on any atom is 0.405 e. The van der Waals surface area contributed by atoms with Crippen LogP contribution in [0.5, 0.6) is 0 Å². The van der Waals surface area contributed by atoms with Crippen molar-refractivity contribution in [2.24, 2.45) is 0 Å². The van der Waals surface area contributed by atoms with Crippen molar-refractivity contribution in [3.05, 3.63) is 52.0 Å². The number of aromatic amines is 1. The van der Waals surface area contributed by atoms with Crippen LogP contribution in [0.3, 0.4) is 0 Å². The van der Waals surface area contributed by atoms with E-state index >= 15 is 0 Å². The Balaban J connectivity index is 2.23. The highest BCUT2D eigenvalue weighted by atomic mass is 79.9. The summed E-state index contributed by atoms with van der Waals surface area (Å²) >= 11 is 3.32. The minimum absolute atomic E-state index is 0.398. The second kappa shape index (κ2) is 5.88. The van der Waals surface area contributed by atoms with Crippen LogP contribution in [0.15, 0.2) is 34.9 Å². The summed E-state index contributed by atoms with van der Waals surface area (Å²) in [5.74, 6) is 0.607. The number of aromatic nitrogens is 2. The van der Waals surface area contributed by atoms with Gasteiger partial charge in [0.15, 0.2) is 0 Å². The number of nitrogens with zero attached hydrogens (tertiary/aromatic N) is 1. The Morgan fingerprint density at radius 3 is 2.68 bits per heavy atom. The lowest BCUT2D eigenvalue weighted by Crippen LogP contribution is -2.29. The highest BCUT2D eigenvalue weighted by Crippen LogP contribution is 2.20. The van der Waals surface area contributed by atoms with Crippen LogP contribution < -0.4 is 5.32 Å². The molecule has 2 aromatic rings. The molecular weight excluding hydrogens is 310 g/mol. The lowest BCUT2D eigenvalue weighted by atomic mass is 10.1. The van der Waals surface area contributed by atoms with E-state index < -0.39 is 12.1 Å². The Hall–Kier alpha value is -1.82. The molecule has 0 aliphatic rings. The molecule has 1 aromatic heterocycles. The first-order valence-corrected chi connectivity index (χ1v) is 6.61. The summed E-state index contributed by atoms with van der Waals surface area (Å²) in [6.45, 7) is 1.88. The molecule has 0 unspecified atom stereocenters. The number of hydrogen-bond acceptors (Lipinski definition) is 2. The number of rotatable bonds is 4. The summed E-state index contributed by atoms with van der Waals surface area (Å²) in [5, 5.41) is 11.4. The lowest BCUT2D eigenvalue weighted by molar-refractivity contribution is 0.189. The molecule has 0 saturated carbocycles. The molecule has 0 saturated heterocycles. The molecule has 2 rings (SSSR count). The Bertz CT molecular complexity index is 549. The summed E-state index contributed by atoms with van der Waals surface area (Å²) in [4.78, 5) is 18.3. The van der Waals surface area contributed by atoms with Gasteiger partial charge in [0, 0.05) is 12.1 Å². The summed E-state index contributed by atoms with van der Waals surface area (Å²) in [7, 11) is 0. The van der Waals surface area contributed by atoms with E-state index in [-0.39, 0.29) is 0 Å². The Morgan fingerprint density at radius 2 is 2.16 bits per heavy atom. The average Bonchev–Trinajstić information content (AvgIpc) is 2.70. The minimum atomic E-state index is -1.06. The number of hydrogen-bond donors (Lipinski definition) is 3. The Morgan fingerprint density at radius 1 is 1.47 bits per heavy atom. The van der Waals surface area contributed by atoms with Crippen LogP contribution in [-0.2, 0) is 6.42 Å². The predicted octanol–water partition coefficient (Wildman–Crippen LogP) is 3.03. The number of carboxylic acid groups (broad SMARTS) is 1. The quantitative estimate of drug-likeness (QED) is 0.809. The molecule has 0 fully saturated rings. The topological polar surface area (TPSA) is 78.0 Å². The molecule has 0 bridgehead atoms. The van der Waals surface area contributed by atoms with E-state index in [2.05, 4.69) is 31.2 Å². The van der Waals surface area contributed by atoms with Crippen molar-refractivity contribution >= 4 is 22.0 Å². The van der Waals surface area contributed by atoms with Gasteiger partial charge in [-0.15, -0.1) is 0 Å². The van der Waals surface area contributed by atoms with Gasteiger partial charge < -0.3 is 15.4 Å². The van der Waals surface area contributed by atoms with Crippen LogP contribution in [-0.4, -0.2) is 21.2 Å². The molecule has 0 aliphatic carbocycles. The van der Waals surface area contributed by atoms with Gasteiger partial charge >= 0.3 is 6.09 Å². The standard InChI is InChI=1S/C13H14BrN3O2/c1-8-11(14)17-12(15-8)10(16-13(18)19)7-9-5-3-2-4-6-9/h2-6,10,16H,7H2,1H3,(H,15,17)(H,18,19)/t10-/m0/s1. The largest absolute Gasteiger partial charge is 0.465 e. The SMILES string of the molecule is Cc1[nH]c([C@H](Cc2ccccc2)NC(=O)O)nc1Br. The van der Waals surface area contributed by atoms with E-state index in [1.165, 1.54) is 0 Å². The number of carbonyl (C=O) groups is 1. The zero-order valence-corrected chi connectivity index (χ0v) is 11.9. The number of amides is 1. The smallest absolute Gasteiger partial charge is 0.405 e. The van der Waals surface area contributed by atoms with E-state index in [4.69, 9.17) is 5.11 Å². The van der Waals surface area contributed by atoms with E-state index in [0.29, 0.717) is 16.8 Å². The van der Waals surface area contributed by atoms with Gasteiger partial charge in [0.1, 0.15) is 10.4 Å². The monoisotopic (exact) mass is 323 g/mol. The fourth-order valence-electron chi connectivity index (χ4n) is 1.84. The third-order valence-corrected chi connectivity index (χ3v) is 3.53. The van der Waals surface area contributed by atoms with Crippen molar-refractivity contribution in [2.75, 3.05) is 0 Å². The van der Waals surface area contributed by atoms with Crippen LogP contribution in [0, 0.1) is 6.92 Å². The summed E-state index contributed by atoms with van der Waals surface area (Å²) in [6, 6.07) is 9.30. The van der Waals surface area contributed by atoms with Gasteiger partial charge in [0.2, 0.25) is 0 Å². The zero-order chi connectivity index (χ0) is 13.8. The van der Waals surface area contributed by atoms with E-state index in [9.17, 15) is 4.79 Å². The Labute approximate surface area is 119 Å². The fraction of sp³-hybridized carbons (Fsp3) is 0.231. The van der Waals surface area contributed by atoms with Gasteiger partial charge in [-0.3, -0.25) is 0 Å². The maximum absolute atomic E-state index is 10.9. The van der Waals surface area contributed by atoms with Crippen molar-refractivity contribution in [3.63, 3.8) is 0 Å². The summed E-state index contributed by atoms with van der Waals surface area (Å²) < 4.78 is 0.702. The first-order chi connectivity index (χ1) is 9.06. The molecule has 3 N–H and O–H groups in total. The minimum Gasteiger partial charge on any atom is -0.465 e. The maximum atomic E-state index is 10.9. The van der Waals surface area contributed by atoms with Crippen molar-refractivity contribution in [1.82, 2.24) is 15.3 Å². The molecular formula is C13H14BrN3O2. The van der Waals surface area contributed by atoms with E-state index in [1.807, 2.05) is 37.3 Å². The van der Waals surface area contributed by atoms with Gasteiger partial charge in [-0.05, 0) is 28.4 Å². The van der Waals surface area contributed by atoms with Gasteiger partial charge in [0.05, 0.1) is 6.04 Å². The van der Waals surface area contributed by atoms with Crippen LogP contribution >= 0.6 is 15.9 Å². The van der Waals surface area contributed by atoms with E-state index in [0.717, 1.165) is 11.3 Å². The van der Waals surface area contributed by atoms with Gasteiger partial charge in [-0.25, -0.2) is 9.78 Å². The first-order valence-electron chi connectivity index (χ1n) is 5.81. The number of imidazole rings is 1.